The molecule has 19 heavy (non-hydrogen) atoms. The third-order valence-electron chi connectivity index (χ3n) is 2.46. The molecule has 0 radical (unpaired) electrons. The molecule has 2 N–H and O–H groups in total. The van der Waals surface area contributed by atoms with Crippen molar-refractivity contribution in [2.45, 2.75) is 6.54 Å². The summed E-state index contributed by atoms with van der Waals surface area (Å²) in [5, 5.41) is 13.9. The summed E-state index contributed by atoms with van der Waals surface area (Å²) in [6.07, 6.45) is 1.91. The highest BCUT2D eigenvalue weighted by atomic mass is 35.5. The number of thiophene rings is 1. The van der Waals surface area contributed by atoms with Crippen LogP contribution in [0.15, 0.2) is 29.1 Å². The van der Waals surface area contributed by atoms with Crippen molar-refractivity contribution < 1.29 is 4.79 Å². The molecule has 0 aliphatic carbocycles. The summed E-state index contributed by atoms with van der Waals surface area (Å²) in [5.74, 6) is 0.413. The van der Waals surface area contributed by atoms with Gasteiger partial charge in [-0.3, -0.25) is 4.68 Å². The third-order valence-corrected chi connectivity index (χ3v) is 3.34. The van der Waals surface area contributed by atoms with Crippen LogP contribution >= 0.6 is 22.9 Å². The third kappa shape index (κ3) is 4.25. The number of alkyl halides is 1. The normalized spacial score (nSPS) is 10.4. The average molecular weight is 299 g/mol. The van der Waals surface area contributed by atoms with Crippen LogP contribution in [0.3, 0.4) is 0 Å². The van der Waals surface area contributed by atoms with E-state index >= 15 is 0 Å². The minimum Gasteiger partial charge on any atom is -0.337 e. The van der Waals surface area contributed by atoms with Gasteiger partial charge in [0.15, 0.2) is 0 Å². The van der Waals surface area contributed by atoms with Crippen LogP contribution in [-0.2, 0) is 6.54 Å². The lowest BCUT2D eigenvalue weighted by Gasteiger charge is -2.06. The Bertz CT molecular complexity index is 512. The summed E-state index contributed by atoms with van der Waals surface area (Å²) in [4.78, 5) is 11.3. The maximum Gasteiger partial charge on any atom is 0.314 e. The van der Waals surface area contributed by atoms with E-state index in [1.807, 2.05) is 28.4 Å². The molecule has 0 bridgehead atoms. The van der Waals surface area contributed by atoms with Crippen LogP contribution in [-0.4, -0.2) is 34.8 Å². The van der Waals surface area contributed by atoms with Crippen molar-refractivity contribution in [3.63, 3.8) is 0 Å². The van der Waals surface area contributed by atoms with Crippen molar-refractivity contribution in [2.75, 3.05) is 19.0 Å². The molecule has 2 rings (SSSR count). The van der Waals surface area contributed by atoms with Gasteiger partial charge in [0, 0.05) is 36.1 Å². The highest BCUT2D eigenvalue weighted by Gasteiger charge is 2.03. The van der Waals surface area contributed by atoms with Crippen molar-refractivity contribution in [3.05, 3.63) is 29.1 Å². The number of aromatic nitrogens is 2. The zero-order valence-electron chi connectivity index (χ0n) is 10.3. The predicted octanol–water partition coefficient (Wildman–Crippen LogP) is 2.15. The number of nitrogens with one attached hydrogen (secondary N) is 2. The number of hydrogen-bond donors (Lipinski definition) is 2. The van der Waals surface area contributed by atoms with E-state index in [9.17, 15) is 4.79 Å². The van der Waals surface area contributed by atoms with Crippen LogP contribution in [0.1, 0.15) is 0 Å². The Labute approximate surface area is 120 Å². The topological polar surface area (TPSA) is 59.0 Å². The zero-order chi connectivity index (χ0) is 13.5. The van der Waals surface area contributed by atoms with Gasteiger partial charge in [-0.2, -0.15) is 16.4 Å². The largest absolute Gasteiger partial charge is 0.337 e. The van der Waals surface area contributed by atoms with Crippen LogP contribution in [0.2, 0.25) is 0 Å². The van der Waals surface area contributed by atoms with Gasteiger partial charge in [-0.05, 0) is 17.5 Å². The molecule has 2 amide bonds. The molecule has 0 atom stereocenters. The first kappa shape index (κ1) is 13.9. The van der Waals surface area contributed by atoms with Crippen LogP contribution in [0, 0.1) is 0 Å². The molecule has 7 heteroatoms. The summed E-state index contributed by atoms with van der Waals surface area (Å²) >= 11 is 7.12. The molecule has 0 spiro atoms. The van der Waals surface area contributed by atoms with E-state index in [4.69, 9.17) is 11.6 Å². The number of hydrogen-bond acceptors (Lipinski definition) is 3. The molecule has 2 aromatic rings. The van der Waals surface area contributed by atoms with Crippen LogP contribution < -0.4 is 10.6 Å². The summed E-state index contributed by atoms with van der Waals surface area (Å²) in [5.41, 5.74) is 2.07. The first-order valence-electron chi connectivity index (χ1n) is 5.93. The Balaban J connectivity index is 1.76. The Morgan fingerprint density at radius 2 is 2.21 bits per heavy atom. The number of carbonyl (C=O) groups is 1. The SMILES string of the molecule is O=C(NCCCl)NCCn1ccc(-c2ccsc2)n1. The highest BCUT2D eigenvalue weighted by Crippen LogP contribution is 2.19. The van der Waals surface area contributed by atoms with E-state index in [-0.39, 0.29) is 6.03 Å². The van der Waals surface area contributed by atoms with E-state index < -0.39 is 0 Å². The van der Waals surface area contributed by atoms with E-state index in [1.165, 1.54) is 0 Å². The number of nitrogens with zero attached hydrogens (tertiary/aromatic N) is 2. The number of amides is 2. The van der Waals surface area contributed by atoms with Gasteiger partial charge in [-0.1, -0.05) is 0 Å². The summed E-state index contributed by atoms with van der Waals surface area (Å²) in [7, 11) is 0. The molecule has 0 aromatic carbocycles. The first-order valence-corrected chi connectivity index (χ1v) is 7.41. The molecule has 0 aliphatic rings. The number of carbonyl (C=O) groups excluding carboxylic acids is 1. The lowest BCUT2D eigenvalue weighted by Crippen LogP contribution is -2.38. The minimum atomic E-state index is -0.203. The average Bonchev–Trinajstić information content (AvgIpc) is 3.06. The number of urea groups is 1. The molecular formula is C12H15ClN4OS. The Hall–Kier alpha value is -1.53. The van der Waals surface area contributed by atoms with E-state index in [2.05, 4.69) is 21.1 Å². The van der Waals surface area contributed by atoms with E-state index in [0.29, 0.717) is 25.5 Å². The lowest BCUT2D eigenvalue weighted by molar-refractivity contribution is 0.241. The monoisotopic (exact) mass is 298 g/mol. The second-order valence-electron chi connectivity index (χ2n) is 3.85. The van der Waals surface area contributed by atoms with Gasteiger partial charge < -0.3 is 10.6 Å². The fraction of sp³-hybridized carbons (Fsp3) is 0.333. The zero-order valence-corrected chi connectivity index (χ0v) is 11.9. The van der Waals surface area contributed by atoms with Crippen LogP contribution in [0.5, 0.6) is 0 Å². The van der Waals surface area contributed by atoms with E-state index in [0.717, 1.165) is 11.3 Å². The summed E-state index contributed by atoms with van der Waals surface area (Å²) < 4.78 is 1.81. The van der Waals surface area contributed by atoms with Gasteiger partial charge >= 0.3 is 6.03 Å². The van der Waals surface area contributed by atoms with Crippen LogP contribution in [0.4, 0.5) is 4.79 Å². The fourth-order valence-electron chi connectivity index (χ4n) is 1.56. The molecule has 0 saturated carbocycles. The maximum atomic E-state index is 11.3. The van der Waals surface area contributed by atoms with Gasteiger partial charge in [0.25, 0.3) is 0 Å². The molecule has 0 saturated heterocycles. The number of halogens is 1. The van der Waals surface area contributed by atoms with Crippen molar-refractivity contribution in [3.8, 4) is 11.3 Å². The van der Waals surface area contributed by atoms with Crippen molar-refractivity contribution in [1.82, 2.24) is 20.4 Å². The molecule has 2 aromatic heterocycles. The Morgan fingerprint density at radius 3 is 2.95 bits per heavy atom. The smallest absolute Gasteiger partial charge is 0.314 e. The Kier molecular flexibility index (Phi) is 5.23. The molecule has 0 aliphatic heterocycles. The summed E-state index contributed by atoms with van der Waals surface area (Å²) in [6.45, 7) is 1.63. The minimum absolute atomic E-state index is 0.203. The van der Waals surface area contributed by atoms with Gasteiger partial charge in [-0.25, -0.2) is 4.79 Å². The lowest BCUT2D eigenvalue weighted by atomic mass is 10.2. The quantitative estimate of drug-likeness (QED) is 0.803. The molecule has 2 heterocycles. The maximum absolute atomic E-state index is 11.3. The fourth-order valence-corrected chi connectivity index (χ4v) is 2.30. The standard InChI is InChI=1S/C12H15ClN4OS/c13-3-4-14-12(18)15-5-7-17-6-1-11(16-17)10-2-8-19-9-10/h1-2,6,8-9H,3-5,7H2,(H2,14,15,18). The second kappa shape index (κ2) is 7.16. The van der Waals surface area contributed by atoms with Gasteiger partial charge in [0.05, 0.1) is 12.2 Å². The second-order valence-corrected chi connectivity index (χ2v) is 5.01. The van der Waals surface area contributed by atoms with E-state index in [1.54, 1.807) is 11.3 Å². The van der Waals surface area contributed by atoms with Crippen molar-refractivity contribution in [2.24, 2.45) is 0 Å². The van der Waals surface area contributed by atoms with Gasteiger partial charge in [0.2, 0.25) is 0 Å². The highest BCUT2D eigenvalue weighted by molar-refractivity contribution is 7.08. The van der Waals surface area contributed by atoms with Gasteiger partial charge in [-0.15, -0.1) is 11.6 Å². The van der Waals surface area contributed by atoms with Crippen LogP contribution in [0.25, 0.3) is 11.3 Å². The molecule has 0 unspecified atom stereocenters. The summed E-state index contributed by atoms with van der Waals surface area (Å²) in [6, 6.07) is 3.80. The Morgan fingerprint density at radius 1 is 1.37 bits per heavy atom. The van der Waals surface area contributed by atoms with Crippen molar-refractivity contribution in [1.29, 1.82) is 0 Å². The van der Waals surface area contributed by atoms with Crippen molar-refractivity contribution >= 4 is 29.0 Å². The van der Waals surface area contributed by atoms with Gasteiger partial charge in [0.1, 0.15) is 0 Å². The molecule has 5 nitrogen and oxygen atoms in total. The number of rotatable bonds is 6. The first-order chi connectivity index (χ1) is 9.29. The molecular weight excluding hydrogens is 284 g/mol. The predicted molar refractivity (Wildman–Crippen MR) is 77.7 cm³/mol. The molecule has 0 fully saturated rings. The molecule has 102 valence electrons.